The van der Waals surface area contributed by atoms with E-state index in [1.165, 1.54) is 12.8 Å². The molecular formula is C14H25N5. The molecule has 1 aliphatic carbocycles. The summed E-state index contributed by atoms with van der Waals surface area (Å²) in [7, 11) is 1.94. The number of nitrogens with zero attached hydrogens (tertiary/aromatic N) is 3. The normalized spacial score (nSPS) is 15.0. The zero-order valence-corrected chi connectivity index (χ0v) is 12.4. The first-order valence-corrected chi connectivity index (χ1v) is 7.06. The SMILES string of the molecule is Cc1nn(C)c(N(CCC(C)C)C2CC2)c1C(=N)N. The summed E-state index contributed by atoms with van der Waals surface area (Å²) in [4.78, 5) is 2.40. The molecule has 1 aromatic rings. The van der Waals surface area contributed by atoms with Crippen LogP contribution in [0.15, 0.2) is 0 Å². The predicted octanol–water partition coefficient (Wildman–Crippen LogP) is 2.03. The first kappa shape index (κ1) is 13.9. The average Bonchev–Trinajstić information content (AvgIpc) is 3.06. The fraction of sp³-hybridized carbons (Fsp3) is 0.714. The molecule has 0 spiro atoms. The van der Waals surface area contributed by atoms with E-state index in [2.05, 4.69) is 23.8 Å². The van der Waals surface area contributed by atoms with E-state index in [0.29, 0.717) is 12.0 Å². The molecule has 3 N–H and O–H groups in total. The van der Waals surface area contributed by atoms with Gasteiger partial charge in [0, 0.05) is 19.6 Å². The molecule has 1 aromatic heterocycles. The number of nitrogens with one attached hydrogen (secondary N) is 1. The number of hydrogen-bond donors (Lipinski definition) is 2. The zero-order valence-electron chi connectivity index (χ0n) is 12.4. The van der Waals surface area contributed by atoms with Gasteiger partial charge in [0.15, 0.2) is 0 Å². The van der Waals surface area contributed by atoms with Gasteiger partial charge in [-0.1, -0.05) is 13.8 Å². The van der Waals surface area contributed by atoms with Gasteiger partial charge in [0.25, 0.3) is 0 Å². The molecule has 0 unspecified atom stereocenters. The lowest BCUT2D eigenvalue weighted by Crippen LogP contribution is -2.31. The van der Waals surface area contributed by atoms with Crippen LogP contribution in [0.4, 0.5) is 5.82 Å². The Morgan fingerprint density at radius 1 is 1.53 bits per heavy atom. The molecule has 19 heavy (non-hydrogen) atoms. The van der Waals surface area contributed by atoms with Crippen molar-refractivity contribution in [2.45, 2.75) is 46.1 Å². The van der Waals surface area contributed by atoms with Crippen LogP contribution in [-0.2, 0) is 7.05 Å². The highest BCUT2D eigenvalue weighted by Gasteiger charge is 2.33. The smallest absolute Gasteiger partial charge is 0.138 e. The number of aryl methyl sites for hydroxylation is 2. The Balaban J connectivity index is 2.33. The van der Waals surface area contributed by atoms with Crippen LogP contribution >= 0.6 is 0 Å². The Morgan fingerprint density at radius 3 is 2.63 bits per heavy atom. The summed E-state index contributed by atoms with van der Waals surface area (Å²) in [5.41, 5.74) is 7.40. The lowest BCUT2D eigenvalue weighted by Gasteiger charge is -2.26. The number of nitrogen functional groups attached to an aromatic ring is 1. The summed E-state index contributed by atoms with van der Waals surface area (Å²) < 4.78 is 1.88. The summed E-state index contributed by atoms with van der Waals surface area (Å²) in [6.07, 6.45) is 3.62. The highest BCUT2D eigenvalue weighted by Crippen LogP contribution is 2.34. The maximum Gasteiger partial charge on any atom is 0.138 e. The van der Waals surface area contributed by atoms with Gasteiger partial charge in [-0.15, -0.1) is 0 Å². The van der Waals surface area contributed by atoms with Crippen LogP contribution in [-0.4, -0.2) is 28.2 Å². The van der Waals surface area contributed by atoms with Crippen molar-refractivity contribution in [2.75, 3.05) is 11.4 Å². The largest absolute Gasteiger partial charge is 0.384 e. The molecule has 0 saturated heterocycles. The minimum atomic E-state index is 0.121. The minimum Gasteiger partial charge on any atom is -0.384 e. The van der Waals surface area contributed by atoms with E-state index in [-0.39, 0.29) is 5.84 Å². The molecule has 1 saturated carbocycles. The Labute approximate surface area is 115 Å². The molecule has 0 radical (unpaired) electrons. The monoisotopic (exact) mass is 263 g/mol. The molecule has 106 valence electrons. The van der Waals surface area contributed by atoms with Crippen LogP contribution in [0.25, 0.3) is 0 Å². The van der Waals surface area contributed by atoms with Crippen LogP contribution in [0.5, 0.6) is 0 Å². The molecule has 1 aliphatic rings. The van der Waals surface area contributed by atoms with Crippen molar-refractivity contribution in [1.82, 2.24) is 9.78 Å². The molecule has 2 rings (SSSR count). The molecule has 0 atom stereocenters. The Bertz CT molecular complexity index is 470. The summed E-state index contributed by atoms with van der Waals surface area (Å²) >= 11 is 0. The van der Waals surface area contributed by atoms with Crippen molar-refractivity contribution < 1.29 is 0 Å². The molecule has 0 bridgehead atoms. The van der Waals surface area contributed by atoms with Crippen molar-refractivity contribution in [2.24, 2.45) is 18.7 Å². The van der Waals surface area contributed by atoms with E-state index in [4.69, 9.17) is 11.1 Å². The van der Waals surface area contributed by atoms with E-state index in [0.717, 1.165) is 30.0 Å². The van der Waals surface area contributed by atoms with Gasteiger partial charge < -0.3 is 10.6 Å². The van der Waals surface area contributed by atoms with E-state index in [1.807, 2.05) is 18.7 Å². The summed E-state index contributed by atoms with van der Waals surface area (Å²) in [6, 6.07) is 0.603. The molecule has 5 heteroatoms. The second-order valence-corrected chi connectivity index (χ2v) is 5.93. The Morgan fingerprint density at radius 2 is 2.16 bits per heavy atom. The van der Waals surface area contributed by atoms with Crippen LogP contribution in [0.3, 0.4) is 0 Å². The van der Waals surface area contributed by atoms with Gasteiger partial charge in [0.2, 0.25) is 0 Å². The fourth-order valence-corrected chi connectivity index (χ4v) is 2.54. The number of amidine groups is 1. The summed E-state index contributed by atoms with van der Waals surface area (Å²) in [5, 5.41) is 12.2. The van der Waals surface area contributed by atoms with Gasteiger partial charge in [-0.2, -0.15) is 5.10 Å². The number of anilines is 1. The Kier molecular flexibility index (Phi) is 3.83. The third-order valence-corrected chi connectivity index (χ3v) is 3.67. The van der Waals surface area contributed by atoms with Crippen molar-refractivity contribution in [3.63, 3.8) is 0 Å². The van der Waals surface area contributed by atoms with Gasteiger partial charge in [-0.3, -0.25) is 10.1 Å². The van der Waals surface area contributed by atoms with Crippen LogP contribution in [0.2, 0.25) is 0 Å². The van der Waals surface area contributed by atoms with Crippen LogP contribution < -0.4 is 10.6 Å². The molecule has 5 nitrogen and oxygen atoms in total. The second kappa shape index (κ2) is 5.23. The average molecular weight is 263 g/mol. The highest BCUT2D eigenvalue weighted by atomic mass is 15.4. The van der Waals surface area contributed by atoms with E-state index >= 15 is 0 Å². The third-order valence-electron chi connectivity index (χ3n) is 3.67. The maximum absolute atomic E-state index is 7.80. The van der Waals surface area contributed by atoms with Crippen LogP contribution in [0.1, 0.15) is 44.4 Å². The lowest BCUT2D eigenvalue weighted by molar-refractivity contribution is 0.561. The van der Waals surface area contributed by atoms with Gasteiger partial charge in [0.05, 0.1) is 11.3 Å². The number of nitrogens with two attached hydrogens (primary N) is 1. The van der Waals surface area contributed by atoms with E-state index < -0.39 is 0 Å². The highest BCUT2D eigenvalue weighted by molar-refractivity contribution is 6.01. The first-order chi connectivity index (χ1) is 8.91. The third kappa shape index (κ3) is 2.91. The van der Waals surface area contributed by atoms with Crippen molar-refractivity contribution >= 4 is 11.7 Å². The predicted molar refractivity (Wildman–Crippen MR) is 78.8 cm³/mol. The van der Waals surface area contributed by atoms with Gasteiger partial charge in [-0.05, 0) is 32.1 Å². The first-order valence-electron chi connectivity index (χ1n) is 7.06. The standard InChI is InChI=1S/C14H25N5/c1-9(2)7-8-19(11-5-6-11)14-12(13(15)16)10(3)17-18(14)4/h9,11H,5-8H2,1-4H3,(H3,15,16). The molecule has 0 amide bonds. The van der Waals surface area contributed by atoms with E-state index in [9.17, 15) is 0 Å². The van der Waals surface area contributed by atoms with Crippen molar-refractivity contribution in [3.8, 4) is 0 Å². The minimum absolute atomic E-state index is 0.121. The summed E-state index contributed by atoms with van der Waals surface area (Å²) in [6.45, 7) is 7.42. The number of hydrogen-bond acceptors (Lipinski definition) is 3. The quantitative estimate of drug-likeness (QED) is 0.609. The lowest BCUT2D eigenvalue weighted by atomic mass is 10.1. The molecule has 1 fully saturated rings. The van der Waals surface area contributed by atoms with E-state index in [1.54, 1.807) is 0 Å². The maximum atomic E-state index is 7.80. The topological polar surface area (TPSA) is 70.9 Å². The number of aromatic nitrogens is 2. The molecular weight excluding hydrogens is 238 g/mol. The fourth-order valence-electron chi connectivity index (χ4n) is 2.54. The second-order valence-electron chi connectivity index (χ2n) is 5.93. The van der Waals surface area contributed by atoms with Gasteiger partial charge in [0.1, 0.15) is 11.7 Å². The Hall–Kier alpha value is -1.52. The zero-order chi connectivity index (χ0) is 14.2. The molecule has 0 aromatic carbocycles. The van der Waals surface area contributed by atoms with Crippen molar-refractivity contribution in [1.29, 1.82) is 5.41 Å². The van der Waals surface area contributed by atoms with Crippen molar-refractivity contribution in [3.05, 3.63) is 11.3 Å². The summed E-state index contributed by atoms with van der Waals surface area (Å²) in [5.74, 6) is 1.82. The molecule has 0 aliphatic heterocycles. The molecule has 1 heterocycles. The van der Waals surface area contributed by atoms with Gasteiger partial charge in [-0.25, -0.2) is 0 Å². The number of rotatable bonds is 6. The van der Waals surface area contributed by atoms with Gasteiger partial charge >= 0.3 is 0 Å². The van der Waals surface area contributed by atoms with Crippen LogP contribution in [0, 0.1) is 18.3 Å².